The Labute approximate surface area is 343 Å². The Morgan fingerprint density at radius 1 is 0.421 bits per heavy atom. The first-order valence-electron chi connectivity index (χ1n) is 18.1. The molecular weight excluding hydrogens is 754 g/mol. The molecule has 57 heavy (non-hydrogen) atoms. The predicted octanol–water partition coefficient (Wildman–Crippen LogP) is 10.1. The topological polar surface area (TPSA) is 72.4 Å². The molecule has 0 unspecified atom stereocenters. The fraction of sp³-hybridized carbons (Fsp3) is 0.0400. The first-order valence-corrected chi connectivity index (χ1v) is 18.1. The molecule has 0 saturated carbocycles. The molecular formula is C50H32N4O2Zn. The van der Waals surface area contributed by atoms with E-state index < -0.39 is 0 Å². The molecule has 2 aliphatic rings. The molecule has 0 atom stereocenters. The Bertz CT molecular complexity index is 2800. The van der Waals surface area contributed by atoms with Gasteiger partial charge in [0, 0.05) is 22.3 Å². The van der Waals surface area contributed by atoms with Crippen molar-refractivity contribution >= 4 is 46.4 Å². The second kappa shape index (κ2) is 16.3. The van der Waals surface area contributed by atoms with Gasteiger partial charge in [-0.15, -0.1) is 22.1 Å². The number of hydrogen-bond donors (Lipinski definition) is 0. The van der Waals surface area contributed by atoms with E-state index in [0.29, 0.717) is 33.5 Å². The zero-order chi connectivity index (χ0) is 37.8. The van der Waals surface area contributed by atoms with Crippen LogP contribution < -0.4 is 19.4 Å². The second-order valence-electron chi connectivity index (χ2n) is 13.1. The summed E-state index contributed by atoms with van der Waals surface area (Å²) in [6.45, 7) is 0. The van der Waals surface area contributed by atoms with Crippen LogP contribution in [0.5, 0.6) is 11.5 Å². The van der Waals surface area contributed by atoms with E-state index in [1.807, 2.05) is 158 Å². The normalized spacial score (nSPS) is 11.1. The Morgan fingerprint density at radius 3 is 1.25 bits per heavy atom. The molecule has 3 aromatic heterocycles. The van der Waals surface area contributed by atoms with Crippen molar-refractivity contribution in [2.45, 2.75) is 0 Å². The molecule has 8 bridgehead atoms. The SMILES string of the molecule is COc1cccc(-c2c3nc(c(C#Cc4ccccc4)c4ccc([n-]4)c(-c4cccc(OC)c4)c4nc(c(C#Cc5ccccc5)c5ccc2[n-]5)C=C4)C=C3)c1.[Zn+2]. The molecule has 0 N–H and O–H groups in total. The van der Waals surface area contributed by atoms with Crippen molar-refractivity contribution in [1.82, 2.24) is 19.9 Å². The van der Waals surface area contributed by atoms with E-state index in [1.54, 1.807) is 14.2 Å². The van der Waals surface area contributed by atoms with Gasteiger partial charge in [0.1, 0.15) is 11.5 Å². The molecule has 9 rings (SSSR count). The van der Waals surface area contributed by atoms with Crippen molar-refractivity contribution in [3.8, 4) is 57.4 Å². The van der Waals surface area contributed by atoms with E-state index in [4.69, 9.17) is 29.4 Å². The Kier molecular flexibility index (Phi) is 10.5. The maximum Gasteiger partial charge on any atom is 2.00 e. The summed E-state index contributed by atoms with van der Waals surface area (Å²) in [5.41, 5.74) is 12.5. The van der Waals surface area contributed by atoms with Gasteiger partial charge in [0.25, 0.3) is 0 Å². The van der Waals surface area contributed by atoms with E-state index in [0.717, 1.165) is 67.3 Å². The Balaban J connectivity index is 0.00000455. The largest absolute Gasteiger partial charge is 2.00 e. The molecule has 0 radical (unpaired) electrons. The summed E-state index contributed by atoms with van der Waals surface area (Å²) in [5.74, 6) is 15.1. The standard InChI is InChI=1S/C50H32N4O2.Zn/c1-55-37-17-9-15-35(31-37)49-45-27-23-41(51-45)39(21-19-33-11-5-3-6-12-33)43-25-29-47(53-43)50(36-16-10-18-38(32-36)56-2)48-30-26-44(54-48)40(42-24-28-46(49)52-42)22-20-34-13-7-4-8-14-34;/h3-18,23-32H,1-2H3;/q-2;+2. The molecule has 266 valence electrons. The quantitative estimate of drug-likeness (QED) is 0.131. The smallest absolute Gasteiger partial charge is 0.656 e. The minimum absolute atomic E-state index is 0. The van der Waals surface area contributed by atoms with Crippen LogP contribution in [0.15, 0.2) is 133 Å². The summed E-state index contributed by atoms with van der Waals surface area (Å²) in [5, 5.41) is 0. The van der Waals surface area contributed by atoms with E-state index >= 15 is 0 Å². The van der Waals surface area contributed by atoms with Crippen molar-refractivity contribution in [2.75, 3.05) is 14.2 Å². The molecule has 7 aromatic rings. The number of fused-ring (bicyclic) bond motifs is 8. The van der Waals surface area contributed by atoms with Gasteiger partial charge in [-0.2, -0.15) is 0 Å². The summed E-state index contributed by atoms with van der Waals surface area (Å²) in [6, 6.07) is 43.8. The summed E-state index contributed by atoms with van der Waals surface area (Å²) < 4.78 is 11.3. The maximum atomic E-state index is 5.66. The van der Waals surface area contributed by atoms with Crippen molar-refractivity contribution in [3.63, 3.8) is 0 Å². The van der Waals surface area contributed by atoms with E-state index in [9.17, 15) is 0 Å². The minimum Gasteiger partial charge on any atom is -0.656 e. The summed E-state index contributed by atoms with van der Waals surface area (Å²) in [4.78, 5) is 21.0. The molecule has 4 aromatic carbocycles. The van der Waals surface area contributed by atoms with Crippen LogP contribution in [0, 0.1) is 23.7 Å². The van der Waals surface area contributed by atoms with E-state index in [2.05, 4.69) is 23.7 Å². The number of nitrogens with zero attached hydrogens (tertiary/aromatic N) is 4. The summed E-state index contributed by atoms with van der Waals surface area (Å²) in [6.07, 6.45) is 8.04. The zero-order valence-corrected chi connectivity index (χ0v) is 34.3. The molecule has 6 nitrogen and oxygen atoms in total. The van der Waals surface area contributed by atoms with Crippen LogP contribution in [0.4, 0.5) is 0 Å². The van der Waals surface area contributed by atoms with Gasteiger partial charge in [0.2, 0.25) is 0 Å². The van der Waals surface area contributed by atoms with E-state index in [1.165, 1.54) is 0 Å². The number of methoxy groups -OCH3 is 2. The zero-order valence-electron chi connectivity index (χ0n) is 31.3. The number of hydrogen-bond acceptors (Lipinski definition) is 4. The molecule has 0 saturated heterocycles. The van der Waals surface area contributed by atoms with Crippen molar-refractivity contribution in [3.05, 3.63) is 178 Å². The number of benzene rings is 4. The predicted molar refractivity (Wildman–Crippen MR) is 226 cm³/mol. The van der Waals surface area contributed by atoms with Crippen molar-refractivity contribution < 1.29 is 29.0 Å². The Hall–Kier alpha value is -7.18. The van der Waals surface area contributed by atoms with Crippen LogP contribution in [-0.4, -0.2) is 24.2 Å². The van der Waals surface area contributed by atoms with Gasteiger partial charge in [-0.25, -0.2) is 9.97 Å². The first kappa shape index (κ1) is 36.8. The van der Waals surface area contributed by atoms with Gasteiger partial charge in [-0.05, 0) is 95.1 Å². The third kappa shape index (κ3) is 7.58. The van der Waals surface area contributed by atoms with Gasteiger partial charge in [0.15, 0.2) is 0 Å². The molecule has 0 aliphatic carbocycles. The maximum absolute atomic E-state index is 5.66. The van der Waals surface area contributed by atoms with Crippen LogP contribution in [0.2, 0.25) is 0 Å². The average Bonchev–Trinajstić information content (AvgIpc) is 4.10. The molecule has 5 heterocycles. The number of rotatable bonds is 4. The van der Waals surface area contributed by atoms with Gasteiger partial charge >= 0.3 is 19.5 Å². The van der Waals surface area contributed by atoms with Crippen LogP contribution in [0.25, 0.3) is 68.6 Å². The fourth-order valence-electron chi connectivity index (χ4n) is 6.80. The summed E-state index contributed by atoms with van der Waals surface area (Å²) in [7, 11) is 3.33. The van der Waals surface area contributed by atoms with Crippen LogP contribution >= 0.6 is 0 Å². The van der Waals surface area contributed by atoms with Crippen LogP contribution in [0.1, 0.15) is 45.0 Å². The first-order chi connectivity index (χ1) is 27.6. The fourth-order valence-corrected chi connectivity index (χ4v) is 6.80. The minimum atomic E-state index is 0. The van der Waals surface area contributed by atoms with Crippen molar-refractivity contribution in [1.29, 1.82) is 0 Å². The summed E-state index contributed by atoms with van der Waals surface area (Å²) >= 11 is 0. The monoisotopic (exact) mass is 784 g/mol. The van der Waals surface area contributed by atoms with Gasteiger partial charge < -0.3 is 19.4 Å². The molecule has 0 fully saturated rings. The molecule has 2 aliphatic heterocycles. The van der Waals surface area contributed by atoms with E-state index in [-0.39, 0.29) is 19.5 Å². The van der Waals surface area contributed by atoms with Gasteiger partial charge in [-0.3, -0.25) is 0 Å². The average molecular weight is 786 g/mol. The van der Waals surface area contributed by atoms with Crippen molar-refractivity contribution in [2.24, 2.45) is 0 Å². The van der Waals surface area contributed by atoms with Crippen LogP contribution in [-0.2, 0) is 19.5 Å². The Morgan fingerprint density at radius 2 is 0.825 bits per heavy atom. The third-order valence-electron chi connectivity index (χ3n) is 9.54. The van der Waals surface area contributed by atoms with Gasteiger partial charge in [-0.1, -0.05) is 109 Å². The molecule has 0 amide bonds. The van der Waals surface area contributed by atoms with Crippen LogP contribution in [0.3, 0.4) is 0 Å². The molecule has 7 heteroatoms. The number of aromatic nitrogens is 4. The number of ether oxygens (including phenoxy) is 2. The third-order valence-corrected chi connectivity index (χ3v) is 9.54. The van der Waals surface area contributed by atoms with Gasteiger partial charge in [0.05, 0.1) is 37.0 Å². The molecule has 0 spiro atoms. The second-order valence-corrected chi connectivity index (χ2v) is 13.1.